The van der Waals surface area contributed by atoms with Crippen LogP contribution >= 0.6 is 0 Å². The highest BCUT2D eigenvalue weighted by Gasteiger charge is 2.31. The third-order valence-electron chi connectivity index (χ3n) is 3.87. The highest BCUT2D eigenvalue weighted by molar-refractivity contribution is 6.16. The van der Waals surface area contributed by atoms with Crippen LogP contribution in [0.2, 0.25) is 0 Å². The minimum Gasteiger partial charge on any atom is -0.402 e. The molecule has 0 aliphatic carbocycles. The van der Waals surface area contributed by atoms with Gasteiger partial charge in [0.1, 0.15) is 5.82 Å². The molecule has 0 fully saturated rings. The molecule has 6 N–H and O–H groups in total. The molecule has 0 aliphatic heterocycles. The molecular weight excluding hydrogens is 456 g/mol. The number of aliphatic hydroxyl groups excluding tert-OH is 2. The van der Waals surface area contributed by atoms with Crippen LogP contribution < -0.4 is 11.5 Å². The summed E-state index contributed by atoms with van der Waals surface area (Å²) in [5.41, 5.74) is 10.3. The second-order valence-electron chi connectivity index (χ2n) is 6.47. The Bertz CT molecular complexity index is 971. The first kappa shape index (κ1) is 30.9. The van der Waals surface area contributed by atoms with Gasteiger partial charge in [-0.15, -0.1) is 0 Å². The number of hydrogen-bond acceptors (Lipinski definition) is 7. The van der Waals surface area contributed by atoms with Crippen molar-refractivity contribution in [2.24, 2.45) is 16.5 Å². The van der Waals surface area contributed by atoms with E-state index in [2.05, 4.69) is 9.98 Å². The average Bonchev–Trinajstić information content (AvgIpc) is 2.79. The zero-order valence-electron chi connectivity index (χ0n) is 19.2. The van der Waals surface area contributed by atoms with Gasteiger partial charge in [-0.05, 0) is 42.8 Å². The van der Waals surface area contributed by atoms with Crippen molar-refractivity contribution in [3.63, 3.8) is 0 Å². The molecule has 0 amide bonds. The number of benzene rings is 1. The molecule has 2 rings (SSSR count). The van der Waals surface area contributed by atoms with Crippen LogP contribution in [0.25, 0.3) is 0 Å². The molecule has 0 atom stereocenters. The van der Waals surface area contributed by atoms with Crippen LogP contribution in [-0.2, 0) is 17.4 Å². The third-order valence-corrected chi connectivity index (χ3v) is 3.87. The summed E-state index contributed by atoms with van der Waals surface area (Å²) in [6.07, 6.45) is -2.89. The summed E-state index contributed by atoms with van der Waals surface area (Å²) in [4.78, 5) is 19.3. The van der Waals surface area contributed by atoms with Crippen LogP contribution in [-0.4, -0.2) is 47.0 Å². The smallest absolute Gasteiger partial charge is 0.402 e. The number of nitrogens with two attached hydrogens (primary N) is 2. The first-order valence-corrected chi connectivity index (χ1v) is 10.3. The highest BCUT2D eigenvalue weighted by Crippen LogP contribution is 2.31. The SMILES string of the molecule is C/C(N)=C(\C=O)C(CO)=Nc1ccnc(Cc2cc(F)cc(C(F)(F)F)c2)c1.CC.NCCO. The van der Waals surface area contributed by atoms with Crippen molar-refractivity contribution in [3.05, 3.63) is 70.4 Å². The van der Waals surface area contributed by atoms with E-state index in [0.29, 0.717) is 30.3 Å². The zero-order chi connectivity index (χ0) is 26.3. The predicted molar refractivity (Wildman–Crippen MR) is 123 cm³/mol. The van der Waals surface area contributed by atoms with E-state index in [0.717, 1.165) is 12.1 Å². The Balaban J connectivity index is 0.00000164. The van der Waals surface area contributed by atoms with Gasteiger partial charge in [0.15, 0.2) is 6.29 Å². The maximum Gasteiger partial charge on any atom is 0.416 e. The number of nitrogens with zero attached hydrogens (tertiary/aromatic N) is 2. The fourth-order valence-corrected chi connectivity index (χ4v) is 2.48. The largest absolute Gasteiger partial charge is 0.416 e. The van der Waals surface area contributed by atoms with Gasteiger partial charge < -0.3 is 21.7 Å². The number of aliphatic imine (C=N–C) groups is 1. The maximum absolute atomic E-state index is 13.5. The molecule has 1 aromatic carbocycles. The average molecular weight is 487 g/mol. The third kappa shape index (κ3) is 10.6. The number of allylic oxidation sites excluding steroid dienone is 1. The van der Waals surface area contributed by atoms with Gasteiger partial charge >= 0.3 is 6.18 Å². The molecule has 0 spiro atoms. The van der Waals surface area contributed by atoms with Gasteiger partial charge in [-0.1, -0.05) is 13.8 Å². The molecular formula is C23H30F4N4O3. The van der Waals surface area contributed by atoms with E-state index in [4.69, 9.17) is 16.6 Å². The van der Waals surface area contributed by atoms with E-state index in [9.17, 15) is 27.5 Å². The predicted octanol–water partition coefficient (Wildman–Crippen LogP) is 3.29. The minimum absolute atomic E-state index is 0.0391. The monoisotopic (exact) mass is 486 g/mol. The molecule has 2 aromatic rings. The van der Waals surface area contributed by atoms with Crippen molar-refractivity contribution >= 4 is 17.7 Å². The summed E-state index contributed by atoms with van der Waals surface area (Å²) in [7, 11) is 0. The molecule has 0 aliphatic rings. The van der Waals surface area contributed by atoms with E-state index in [-0.39, 0.29) is 35.6 Å². The van der Waals surface area contributed by atoms with Gasteiger partial charge in [0.25, 0.3) is 0 Å². The Morgan fingerprint density at radius 1 is 1.18 bits per heavy atom. The molecule has 0 radical (unpaired) electrons. The van der Waals surface area contributed by atoms with Crippen molar-refractivity contribution in [2.75, 3.05) is 19.8 Å². The number of aliphatic hydroxyl groups is 2. The Morgan fingerprint density at radius 3 is 2.26 bits per heavy atom. The number of hydrogen-bond donors (Lipinski definition) is 4. The fourth-order valence-electron chi connectivity index (χ4n) is 2.48. The zero-order valence-corrected chi connectivity index (χ0v) is 19.2. The molecule has 0 unspecified atom stereocenters. The quantitative estimate of drug-likeness (QED) is 0.205. The Hall–Kier alpha value is -3.15. The van der Waals surface area contributed by atoms with Gasteiger partial charge in [-0.3, -0.25) is 14.8 Å². The summed E-state index contributed by atoms with van der Waals surface area (Å²) in [5, 5.41) is 17.2. The number of pyridine rings is 1. The topological polar surface area (TPSA) is 135 Å². The summed E-state index contributed by atoms with van der Waals surface area (Å²) in [5.74, 6) is -0.999. The van der Waals surface area contributed by atoms with Gasteiger partial charge in [0.05, 0.1) is 35.7 Å². The molecule has 0 saturated heterocycles. The number of aromatic nitrogens is 1. The number of alkyl halides is 3. The lowest BCUT2D eigenvalue weighted by Gasteiger charge is -2.10. The number of aldehydes is 1. The number of carbonyl (C=O) groups is 1. The molecule has 1 heterocycles. The summed E-state index contributed by atoms with van der Waals surface area (Å²) >= 11 is 0. The Morgan fingerprint density at radius 2 is 1.79 bits per heavy atom. The van der Waals surface area contributed by atoms with E-state index in [1.54, 1.807) is 0 Å². The van der Waals surface area contributed by atoms with Crippen LogP contribution in [0.15, 0.2) is 52.8 Å². The molecule has 11 heteroatoms. The van der Waals surface area contributed by atoms with Crippen molar-refractivity contribution in [3.8, 4) is 0 Å². The van der Waals surface area contributed by atoms with Crippen LogP contribution in [0, 0.1) is 5.82 Å². The maximum atomic E-state index is 13.5. The summed E-state index contributed by atoms with van der Waals surface area (Å²) in [6.45, 7) is 5.41. The van der Waals surface area contributed by atoms with Gasteiger partial charge in [-0.2, -0.15) is 13.2 Å². The van der Waals surface area contributed by atoms with E-state index in [1.807, 2.05) is 13.8 Å². The molecule has 34 heavy (non-hydrogen) atoms. The summed E-state index contributed by atoms with van der Waals surface area (Å²) < 4.78 is 52.1. The first-order valence-electron chi connectivity index (χ1n) is 10.3. The second-order valence-corrected chi connectivity index (χ2v) is 6.47. The normalized spacial score (nSPS) is 12.0. The van der Waals surface area contributed by atoms with Crippen LogP contribution in [0.3, 0.4) is 0 Å². The lowest BCUT2D eigenvalue weighted by Crippen LogP contribution is -2.14. The van der Waals surface area contributed by atoms with Gasteiger partial charge in [-0.25, -0.2) is 4.39 Å². The van der Waals surface area contributed by atoms with Gasteiger partial charge in [0.2, 0.25) is 0 Å². The number of carbonyl (C=O) groups excluding carboxylic acids is 1. The van der Waals surface area contributed by atoms with Crippen molar-refractivity contribution in [1.82, 2.24) is 4.98 Å². The molecule has 1 aromatic heterocycles. The Kier molecular flexibility index (Phi) is 14.2. The van der Waals surface area contributed by atoms with E-state index < -0.39 is 24.2 Å². The molecule has 7 nitrogen and oxygen atoms in total. The van der Waals surface area contributed by atoms with Crippen LogP contribution in [0.5, 0.6) is 0 Å². The first-order chi connectivity index (χ1) is 16.0. The van der Waals surface area contributed by atoms with Crippen molar-refractivity contribution < 1.29 is 32.6 Å². The summed E-state index contributed by atoms with van der Waals surface area (Å²) in [6, 6.07) is 5.22. The fraction of sp³-hybridized carbons (Fsp3) is 0.348. The highest BCUT2D eigenvalue weighted by atomic mass is 19.4. The van der Waals surface area contributed by atoms with Crippen molar-refractivity contribution in [2.45, 2.75) is 33.4 Å². The molecule has 188 valence electrons. The lowest BCUT2D eigenvalue weighted by atomic mass is 10.0. The minimum atomic E-state index is -4.66. The number of rotatable bonds is 7. The van der Waals surface area contributed by atoms with Crippen LogP contribution in [0.1, 0.15) is 37.6 Å². The second kappa shape index (κ2) is 15.6. The van der Waals surface area contributed by atoms with Crippen molar-refractivity contribution in [1.29, 1.82) is 0 Å². The molecule has 0 bridgehead atoms. The standard InChI is InChI=1S/C19H17F4N3O2.C2H7NO.C2H6/c1-11(24)17(9-27)18(10-28)26-15-2-3-25-16(8-15)6-12-4-13(19(21,22)23)7-14(20)5-12;3-1-2-4;1-2/h2-5,7-9,28H,6,10,24H2,1H3;4H,1-3H2;1-2H3/b17-11-,26-18?;;. The number of halogens is 4. The molecule has 0 saturated carbocycles. The lowest BCUT2D eigenvalue weighted by molar-refractivity contribution is -0.137. The van der Waals surface area contributed by atoms with E-state index >= 15 is 0 Å². The van der Waals surface area contributed by atoms with Crippen LogP contribution in [0.4, 0.5) is 23.2 Å². The Labute approximate surface area is 195 Å². The van der Waals surface area contributed by atoms with E-state index in [1.165, 1.54) is 25.3 Å². The van der Waals surface area contributed by atoms with Gasteiger partial charge in [0, 0.05) is 30.6 Å².